The Morgan fingerprint density at radius 1 is 0.588 bits per heavy atom. The largest absolute Gasteiger partial charge is 0.465 e. The second-order valence-electron chi connectivity index (χ2n) is 19.0. The van der Waals surface area contributed by atoms with Gasteiger partial charge in [-0.15, -0.1) is 0 Å². The van der Waals surface area contributed by atoms with E-state index in [9.17, 15) is 39.0 Å². The van der Waals surface area contributed by atoms with Crippen LogP contribution in [0.2, 0.25) is 0 Å². The normalized spacial score (nSPS) is 21.6. The van der Waals surface area contributed by atoms with Crippen molar-refractivity contribution in [2.24, 2.45) is 23.3 Å². The second kappa shape index (κ2) is 19.8. The van der Waals surface area contributed by atoms with Gasteiger partial charge in [0.05, 0.1) is 12.1 Å². The highest BCUT2D eigenvalue weighted by Gasteiger charge is 2.57. The van der Waals surface area contributed by atoms with Gasteiger partial charge in [-0.1, -0.05) is 88.4 Å². The first-order valence-corrected chi connectivity index (χ1v) is 23.3. The molecule has 4 heterocycles. The van der Waals surface area contributed by atoms with Gasteiger partial charge in [-0.2, -0.15) is 0 Å². The van der Waals surface area contributed by atoms with Gasteiger partial charge in [0.1, 0.15) is 5.82 Å². The highest BCUT2D eigenvalue weighted by atomic mass is 16.4. The van der Waals surface area contributed by atoms with Crippen molar-refractivity contribution in [3.8, 4) is 11.1 Å². The van der Waals surface area contributed by atoms with Crippen LogP contribution < -0.4 is 31.9 Å². The van der Waals surface area contributed by atoms with Crippen molar-refractivity contribution < 1.29 is 39.0 Å². The molecule has 0 aliphatic carbocycles. The summed E-state index contributed by atoms with van der Waals surface area (Å²) in [6, 6.07) is 28.1. The maximum atomic E-state index is 13.6. The fourth-order valence-corrected chi connectivity index (χ4v) is 11.3. The zero-order valence-corrected chi connectivity index (χ0v) is 39.5. The van der Waals surface area contributed by atoms with E-state index in [0.717, 1.165) is 57.7 Å². The number of carbonyl (C=O) groups excluding carboxylic acids is 4. The molecule has 3 saturated heterocycles. The van der Waals surface area contributed by atoms with Crippen LogP contribution in [0.15, 0.2) is 91.1 Å². The minimum absolute atomic E-state index is 0.0534. The van der Waals surface area contributed by atoms with Crippen LogP contribution in [0.5, 0.6) is 0 Å². The van der Waals surface area contributed by atoms with Crippen molar-refractivity contribution in [2.75, 3.05) is 37.0 Å². The molecule has 0 saturated carbocycles. The molecule has 4 aromatic rings. The molecule has 68 heavy (non-hydrogen) atoms. The van der Waals surface area contributed by atoms with Crippen molar-refractivity contribution in [3.63, 3.8) is 0 Å². The fraction of sp³-hybridized carbons (Fsp3) is 0.431. The minimum Gasteiger partial charge on any atom is -0.465 e. The van der Waals surface area contributed by atoms with Crippen LogP contribution in [0.4, 0.5) is 21.1 Å². The molecule has 3 aliphatic rings. The van der Waals surface area contributed by atoms with Gasteiger partial charge in [0.25, 0.3) is 11.8 Å². The van der Waals surface area contributed by atoms with Crippen LogP contribution in [0.1, 0.15) is 113 Å². The summed E-state index contributed by atoms with van der Waals surface area (Å²) in [7, 11) is 3.90. The number of hydrogen-bond donors (Lipinski definition) is 6. The van der Waals surface area contributed by atoms with Crippen LogP contribution in [-0.4, -0.2) is 99.1 Å². The molecule has 6 atom stereocenters. The number of rotatable bonds is 15. The maximum Gasteiger partial charge on any atom is 0.411 e. The lowest BCUT2D eigenvalue weighted by Crippen LogP contribution is -2.68. The summed E-state index contributed by atoms with van der Waals surface area (Å²) in [5.41, 5.74) is 15.1. The SMILES string of the molecule is CC(C)[C@](C(N)=O)(C(=O)NC(=O)O)N1CCCC1c1ccc([C@@H]2CC[C@@H](c3ccc(C4CCCN4[C@@](C(N)=O)(C(=O)NC(=O)O)C(C)C)cc3)N2c2ccc(-c3ccc(N(C)C)nc3)cc2)cc1. The van der Waals surface area contributed by atoms with Gasteiger partial charge in [0.2, 0.25) is 11.8 Å². The van der Waals surface area contributed by atoms with E-state index in [4.69, 9.17) is 11.5 Å². The van der Waals surface area contributed by atoms with Crippen LogP contribution >= 0.6 is 0 Å². The highest BCUT2D eigenvalue weighted by Crippen LogP contribution is 2.49. The molecule has 0 radical (unpaired) electrons. The lowest BCUT2D eigenvalue weighted by atomic mass is 9.81. The third kappa shape index (κ3) is 8.87. The third-order valence-corrected chi connectivity index (χ3v) is 14.5. The van der Waals surface area contributed by atoms with E-state index in [-0.39, 0.29) is 24.2 Å². The topological polar surface area (TPSA) is 245 Å². The molecule has 3 fully saturated rings. The average Bonchev–Trinajstić information content (AvgIpc) is 4.08. The van der Waals surface area contributed by atoms with E-state index in [2.05, 4.69) is 64.5 Å². The molecule has 6 amide bonds. The Bertz CT molecular complexity index is 2390. The zero-order valence-electron chi connectivity index (χ0n) is 39.5. The zero-order chi connectivity index (χ0) is 49.2. The number of carbonyl (C=O) groups is 6. The van der Waals surface area contributed by atoms with Crippen molar-refractivity contribution in [3.05, 3.63) is 113 Å². The highest BCUT2D eigenvalue weighted by molar-refractivity contribution is 6.13. The molecular weight excluding hydrogens is 867 g/mol. The van der Waals surface area contributed by atoms with Gasteiger partial charge in [-0.25, -0.2) is 14.6 Å². The molecule has 0 spiro atoms. The number of hydrogen-bond acceptors (Lipinski definition) is 11. The van der Waals surface area contributed by atoms with Crippen LogP contribution in [0.3, 0.4) is 0 Å². The van der Waals surface area contributed by atoms with Crippen molar-refractivity contribution in [1.29, 1.82) is 0 Å². The van der Waals surface area contributed by atoms with Crippen LogP contribution in [0, 0.1) is 11.8 Å². The quantitative estimate of drug-likeness (QED) is 0.0697. The van der Waals surface area contributed by atoms with Gasteiger partial charge in [-0.05, 0) is 102 Å². The Balaban J connectivity index is 1.22. The van der Waals surface area contributed by atoms with Gasteiger partial charge in [0.15, 0.2) is 11.1 Å². The van der Waals surface area contributed by atoms with Gasteiger partial charge < -0.3 is 31.5 Å². The number of imide groups is 2. The van der Waals surface area contributed by atoms with Crippen molar-refractivity contribution in [2.45, 2.75) is 101 Å². The van der Waals surface area contributed by atoms with Gasteiger partial charge in [0, 0.05) is 56.7 Å². The molecular formula is C51H63N9O8. The fourth-order valence-electron chi connectivity index (χ4n) is 11.3. The van der Waals surface area contributed by atoms with Crippen molar-refractivity contribution in [1.82, 2.24) is 25.4 Å². The van der Waals surface area contributed by atoms with E-state index in [0.29, 0.717) is 38.8 Å². The first-order valence-electron chi connectivity index (χ1n) is 23.3. The number of benzene rings is 3. The third-order valence-electron chi connectivity index (χ3n) is 14.5. The number of primary amides is 2. The predicted molar refractivity (Wildman–Crippen MR) is 257 cm³/mol. The number of nitrogens with one attached hydrogen (secondary N) is 2. The average molecular weight is 930 g/mol. The summed E-state index contributed by atoms with van der Waals surface area (Å²) in [6.07, 6.45) is 3.04. The molecule has 360 valence electrons. The summed E-state index contributed by atoms with van der Waals surface area (Å²) >= 11 is 0. The smallest absolute Gasteiger partial charge is 0.411 e. The standard InChI is InChI=1S/C51H63N9O8/c1-30(2)50(44(52)61,46(63)55-48(65)66)58-27-7-9-39(58)33-11-15-35(16-12-33)41-24-25-42(60(41)38-22-19-32(20-23-38)37-21-26-43(54-29-37)57(5)6)36-17-13-34(14-18-36)40-10-8-28-59(40)51(31(3)4,45(53)62)47(64)56-49(67)68/h11-23,26,29-31,39-42H,7-10,24-25,27-28H2,1-6H3,(H2,52,61)(H2,53,62)(H,55,63)(H,56,64)(H,65,66)(H,67,68)/t39?,40?,41-,42-,50-,51-/m0/s1. The molecule has 17 nitrogen and oxygen atoms in total. The maximum absolute atomic E-state index is 13.6. The Kier molecular flexibility index (Phi) is 14.3. The predicted octanol–water partition coefficient (Wildman–Crippen LogP) is 6.52. The van der Waals surface area contributed by atoms with Gasteiger partial charge in [-0.3, -0.25) is 39.6 Å². The lowest BCUT2D eigenvalue weighted by molar-refractivity contribution is -0.150. The Morgan fingerprint density at radius 3 is 1.29 bits per heavy atom. The first kappa shape index (κ1) is 49.1. The summed E-state index contributed by atoms with van der Waals surface area (Å²) in [5.74, 6) is -4.10. The molecule has 8 N–H and O–H groups in total. The summed E-state index contributed by atoms with van der Waals surface area (Å²) < 4.78 is 0. The van der Waals surface area contributed by atoms with Crippen LogP contribution in [0.25, 0.3) is 11.1 Å². The molecule has 1 aromatic heterocycles. The number of nitrogens with two attached hydrogens (primary N) is 2. The Labute approximate surface area is 396 Å². The first-order chi connectivity index (χ1) is 32.3. The molecule has 3 aromatic carbocycles. The monoisotopic (exact) mass is 929 g/mol. The minimum atomic E-state index is -1.88. The summed E-state index contributed by atoms with van der Waals surface area (Å²) in [5, 5.41) is 22.8. The molecule has 7 rings (SSSR count). The molecule has 17 heteroatoms. The molecule has 3 aliphatic heterocycles. The van der Waals surface area contributed by atoms with E-state index in [1.54, 1.807) is 37.5 Å². The van der Waals surface area contributed by atoms with Crippen molar-refractivity contribution >= 4 is 47.3 Å². The Hall–Kier alpha value is -6.85. The van der Waals surface area contributed by atoms with Gasteiger partial charge >= 0.3 is 12.2 Å². The summed E-state index contributed by atoms with van der Waals surface area (Å²) in [6.45, 7) is 7.55. The van der Waals surface area contributed by atoms with Crippen LogP contribution in [-0.2, 0) is 19.2 Å². The number of amides is 6. The number of pyridine rings is 1. The number of anilines is 2. The molecule has 0 bridgehead atoms. The summed E-state index contributed by atoms with van der Waals surface area (Å²) in [4.78, 5) is 89.4. The number of likely N-dealkylation sites (tertiary alicyclic amines) is 2. The van der Waals surface area contributed by atoms with E-state index < -0.39 is 58.7 Å². The van der Waals surface area contributed by atoms with E-state index in [1.165, 1.54) is 0 Å². The Morgan fingerprint density at radius 2 is 0.971 bits per heavy atom. The number of aromatic nitrogens is 1. The van der Waals surface area contributed by atoms with E-state index >= 15 is 0 Å². The number of nitrogens with zero attached hydrogens (tertiary/aromatic N) is 5. The molecule has 2 unspecified atom stereocenters. The number of carboxylic acid groups (broad SMARTS) is 2. The lowest BCUT2D eigenvalue weighted by Gasteiger charge is -2.43. The second-order valence-corrected chi connectivity index (χ2v) is 19.0. The van der Waals surface area contributed by atoms with E-state index in [1.807, 2.05) is 66.2 Å².